The van der Waals surface area contributed by atoms with Gasteiger partial charge in [-0.1, -0.05) is 24.3 Å². The van der Waals surface area contributed by atoms with E-state index < -0.39 is 0 Å². The van der Waals surface area contributed by atoms with Crippen LogP contribution in [0.25, 0.3) is 27.8 Å². The van der Waals surface area contributed by atoms with E-state index in [-0.39, 0.29) is 12.6 Å². The van der Waals surface area contributed by atoms with Crippen LogP contribution in [0.4, 0.5) is 0 Å². The highest BCUT2D eigenvalue weighted by atomic mass is 16.5. The summed E-state index contributed by atoms with van der Waals surface area (Å²) in [5, 5.41) is 5.54. The largest absolute Gasteiger partial charge is 0.493 e. The fraction of sp³-hybridized carbons (Fsp3) is 0.174. The van der Waals surface area contributed by atoms with Crippen LogP contribution in [0, 0.1) is 6.92 Å². The summed E-state index contributed by atoms with van der Waals surface area (Å²) in [7, 11) is 3.17. The van der Waals surface area contributed by atoms with Crippen molar-refractivity contribution >= 4 is 17.0 Å². The van der Waals surface area contributed by atoms with Gasteiger partial charge in [0.2, 0.25) is 0 Å². The molecule has 150 valence electrons. The summed E-state index contributed by atoms with van der Waals surface area (Å²) in [4.78, 5) is 17.4. The van der Waals surface area contributed by atoms with Crippen molar-refractivity contribution in [1.82, 2.24) is 14.8 Å². The molecule has 0 unspecified atom stereocenters. The van der Waals surface area contributed by atoms with E-state index in [0.29, 0.717) is 28.4 Å². The Hall–Kier alpha value is -3.87. The Morgan fingerprint density at radius 2 is 1.77 bits per heavy atom. The molecule has 1 aliphatic rings. The van der Waals surface area contributed by atoms with Gasteiger partial charge in [0.15, 0.2) is 17.1 Å². The van der Waals surface area contributed by atoms with Gasteiger partial charge in [-0.3, -0.25) is 0 Å². The van der Waals surface area contributed by atoms with E-state index in [4.69, 9.17) is 24.3 Å². The van der Waals surface area contributed by atoms with E-state index in [1.807, 2.05) is 55.5 Å². The molecule has 4 aromatic rings. The standard InChI is InChI=1S/C23H19N3O4/c1-13-19-20(14-9-10-17(28-2)18(11-14)29-3)21-16(12-30-23(21)27)24-22(19)26(25-13)15-7-5-4-6-8-15/h4-11H,12H2,1-3H3. The third-order valence-corrected chi connectivity index (χ3v) is 5.28. The van der Waals surface area contributed by atoms with Gasteiger partial charge in [-0.15, -0.1) is 0 Å². The number of cyclic esters (lactones) is 1. The molecule has 0 fully saturated rings. The number of nitrogens with zero attached hydrogens (tertiary/aromatic N) is 3. The molecule has 0 radical (unpaired) electrons. The van der Waals surface area contributed by atoms with Crippen LogP contribution in [0.1, 0.15) is 21.7 Å². The molecule has 0 saturated heterocycles. The number of aromatic nitrogens is 3. The molecule has 0 atom stereocenters. The summed E-state index contributed by atoms with van der Waals surface area (Å²) >= 11 is 0. The van der Waals surface area contributed by atoms with Gasteiger partial charge in [0.1, 0.15) is 6.61 Å². The number of pyridine rings is 1. The molecule has 0 amide bonds. The van der Waals surface area contributed by atoms with Gasteiger partial charge in [0, 0.05) is 5.56 Å². The average molecular weight is 401 g/mol. The van der Waals surface area contributed by atoms with Crippen molar-refractivity contribution in [3.05, 3.63) is 65.5 Å². The highest BCUT2D eigenvalue weighted by Crippen LogP contribution is 2.41. The number of carbonyl (C=O) groups is 1. The second-order valence-corrected chi connectivity index (χ2v) is 6.99. The maximum Gasteiger partial charge on any atom is 0.341 e. The molecule has 7 nitrogen and oxygen atoms in total. The van der Waals surface area contributed by atoms with Crippen molar-refractivity contribution in [2.24, 2.45) is 0 Å². The summed E-state index contributed by atoms with van der Waals surface area (Å²) in [6.07, 6.45) is 0. The highest BCUT2D eigenvalue weighted by molar-refractivity contribution is 6.09. The number of para-hydroxylation sites is 1. The van der Waals surface area contributed by atoms with Crippen LogP contribution >= 0.6 is 0 Å². The quantitative estimate of drug-likeness (QED) is 0.480. The molecule has 30 heavy (non-hydrogen) atoms. The lowest BCUT2D eigenvalue weighted by molar-refractivity contribution is 0.0534. The van der Waals surface area contributed by atoms with Gasteiger partial charge >= 0.3 is 5.97 Å². The molecule has 2 aromatic carbocycles. The number of ether oxygens (including phenoxy) is 3. The van der Waals surface area contributed by atoms with Crippen molar-refractivity contribution < 1.29 is 19.0 Å². The minimum atomic E-state index is -0.379. The number of fused-ring (bicyclic) bond motifs is 2. The minimum absolute atomic E-state index is 0.142. The predicted octanol–water partition coefficient (Wildman–Crippen LogP) is 4.08. The molecule has 7 heteroatoms. The first-order valence-corrected chi connectivity index (χ1v) is 9.49. The molecular formula is C23H19N3O4. The Labute approximate surface area is 172 Å². The Balaban J connectivity index is 1.87. The highest BCUT2D eigenvalue weighted by Gasteiger charge is 2.32. The zero-order chi connectivity index (χ0) is 20.8. The van der Waals surface area contributed by atoms with Gasteiger partial charge in [-0.05, 0) is 36.8 Å². The third kappa shape index (κ3) is 2.62. The number of rotatable bonds is 4. The Morgan fingerprint density at radius 1 is 1.00 bits per heavy atom. The first-order chi connectivity index (χ1) is 14.6. The predicted molar refractivity (Wildman–Crippen MR) is 111 cm³/mol. The Bertz CT molecular complexity index is 1300. The molecule has 0 saturated carbocycles. The van der Waals surface area contributed by atoms with Crippen LogP contribution in [-0.2, 0) is 11.3 Å². The van der Waals surface area contributed by atoms with Crippen molar-refractivity contribution in [1.29, 1.82) is 0 Å². The first kappa shape index (κ1) is 18.2. The zero-order valence-corrected chi connectivity index (χ0v) is 16.8. The van der Waals surface area contributed by atoms with Crippen LogP contribution in [0.3, 0.4) is 0 Å². The summed E-state index contributed by atoms with van der Waals surface area (Å²) in [6.45, 7) is 2.06. The maximum absolute atomic E-state index is 12.6. The van der Waals surface area contributed by atoms with Crippen LogP contribution in [-0.4, -0.2) is 35.0 Å². The number of methoxy groups -OCH3 is 2. The van der Waals surface area contributed by atoms with E-state index in [0.717, 1.165) is 27.9 Å². The van der Waals surface area contributed by atoms with Gasteiger partial charge in [-0.2, -0.15) is 5.10 Å². The molecule has 2 aromatic heterocycles. The third-order valence-electron chi connectivity index (χ3n) is 5.28. The molecule has 1 aliphatic heterocycles. The van der Waals surface area contributed by atoms with Gasteiger partial charge in [0.25, 0.3) is 0 Å². The molecule has 0 spiro atoms. The van der Waals surface area contributed by atoms with Crippen molar-refractivity contribution in [2.45, 2.75) is 13.5 Å². The van der Waals surface area contributed by atoms with E-state index in [1.165, 1.54) is 0 Å². The van der Waals surface area contributed by atoms with Crippen molar-refractivity contribution in [3.8, 4) is 28.3 Å². The number of carbonyl (C=O) groups excluding carboxylic acids is 1. The fourth-order valence-electron chi connectivity index (χ4n) is 3.92. The molecule has 0 bridgehead atoms. The molecule has 5 rings (SSSR count). The zero-order valence-electron chi connectivity index (χ0n) is 16.8. The van der Waals surface area contributed by atoms with Gasteiger partial charge in [0.05, 0.1) is 42.2 Å². The second kappa shape index (κ2) is 6.88. The summed E-state index contributed by atoms with van der Waals surface area (Å²) < 4.78 is 18.0. The number of hydrogen-bond donors (Lipinski definition) is 0. The van der Waals surface area contributed by atoms with Gasteiger partial charge < -0.3 is 14.2 Å². The van der Waals surface area contributed by atoms with E-state index in [9.17, 15) is 4.79 Å². The molecule has 0 aliphatic carbocycles. The fourth-order valence-corrected chi connectivity index (χ4v) is 3.92. The van der Waals surface area contributed by atoms with Crippen LogP contribution < -0.4 is 9.47 Å². The van der Waals surface area contributed by atoms with Gasteiger partial charge in [-0.25, -0.2) is 14.5 Å². The molecule has 0 N–H and O–H groups in total. The summed E-state index contributed by atoms with van der Waals surface area (Å²) in [5.41, 5.74) is 4.99. The lowest BCUT2D eigenvalue weighted by Gasteiger charge is -2.13. The topological polar surface area (TPSA) is 75.5 Å². The summed E-state index contributed by atoms with van der Waals surface area (Å²) in [5.74, 6) is 0.812. The lowest BCUT2D eigenvalue weighted by atomic mass is 9.95. The minimum Gasteiger partial charge on any atom is -0.493 e. The molecule has 3 heterocycles. The lowest BCUT2D eigenvalue weighted by Crippen LogP contribution is -2.03. The maximum atomic E-state index is 12.6. The number of benzene rings is 2. The SMILES string of the molecule is COc1ccc(-c2c3c(nc4c2c(C)nn4-c2ccccc2)COC3=O)cc1OC. The van der Waals surface area contributed by atoms with Crippen LogP contribution in [0.2, 0.25) is 0 Å². The Morgan fingerprint density at radius 3 is 2.50 bits per heavy atom. The van der Waals surface area contributed by atoms with Crippen molar-refractivity contribution in [3.63, 3.8) is 0 Å². The number of esters is 1. The van der Waals surface area contributed by atoms with Crippen LogP contribution in [0.5, 0.6) is 11.5 Å². The Kier molecular flexibility index (Phi) is 4.17. The van der Waals surface area contributed by atoms with E-state index in [1.54, 1.807) is 18.9 Å². The normalized spacial score (nSPS) is 12.7. The van der Waals surface area contributed by atoms with E-state index in [2.05, 4.69) is 0 Å². The monoisotopic (exact) mass is 401 g/mol. The van der Waals surface area contributed by atoms with E-state index >= 15 is 0 Å². The second-order valence-electron chi connectivity index (χ2n) is 6.99. The number of hydrogen-bond acceptors (Lipinski definition) is 6. The van der Waals surface area contributed by atoms with Crippen molar-refractivity contribution in [2.75, 3.05) is 14.2 Å². The number of aryl methyl sites for hydroxylation is 1. The van der Waals surface area contributed by atoms with Crippen LogP contribution in [0.15, 0.2) is 48.5 Å². The first-order valence-electron chi connectivity index (χ1n) is 9.49. The molecular weight excluding hydrogens is 382 g/mol. The summed E-state index contributed by atoms with van der Waals surface area (Å²) in [6, 6.07) is 15.4. The smallest absolute Gasteiger partial charge is 0.341 e. The average Bonchev–Trinajstić information content (AvgIpc) is 3.32.